The van der Waals surface area contributed by atoms with Crippen molar-refractivity contribution in [3.8, 4) is 5.75 Å². The largest absolute Gasteiger partial charge is 0.493 e. The summed E-state index contributed by atoms with van der Waals surface area (Å²) in [5.41, 5.74) is 0.789. The highest BCUT2D eigenvalue weighted by molar-refractivity contribution is 9.10. The molecular formula is C15H17BrO4. The number of halogens is 1. The molecular weight excluding hydrogens is 324 g/mol. The predicted molar refractivity (Wildman–Crippen MR) is 79.8 cm³/mol. The highest BCUT2D eigenvalue weighted by Gasteiger charge is 2.14. The average molecular weight is 341 g/mol. The molecule has 4 nitrogen and oxygen atoms in total. The van der Waals surface area contributed by atoms with Gasteiger partial charge in [-0.2, -0.15) is 0 Å². The Morgan fingerprint density at radius 3 is 2.90 bits per heavy atom. The fourth-order valence-corrected chi connectivity index (χ4v) is 2.41. The molecule has 0 atom stereocenters. The van der Waals surface area contributed by atoms with E-state index >= 15 is 0 Å². The van der Waals surface area contributed by atoms with E-state index in [-0.39, 0.29) is 0 Å². The summed E-state index contributed by atoms with van der Waals surface area (Å²) in [6, 6.07) is 5.57. The van der Waals surface area contributed by atoms with E-state index in [1.807, 2.05) is 18.2 Å². The van der Waals surface area contributed by atoms with Crippen LogP contribution in [0.1, 0.15) is 18.4 Å². The van der Waals surface area contributed by atoms with Gasteiger partial charge in [-0.05, 0) is 48.6 Å². The molecule has 1 aromatic rings. The minimum atomic E-state index is -0.967. The van der Waals surface area contributed by atoms with Crippen molar-refractivity contribution in [1.82, 2.24) is 0 Å². The Kier molecular flexibility index (Phi) is 5.61. The molecule has 0 aromatic heterocycles. The van der Waals surface area contributed by atoms with Gasteiger partial charge in [-0.15, -0.1) is 0 Å². The number of carboxylic acids is 1. The van der Waals surface area contributed by atoms with Gasteiger partial charge in [-0.25, -0.2) is 4.79 Å². The monoisotopic (exact) mass is 340 g/mol. The van der Waals surface area contributed by atoms with Crippen molar-refractivity contribution in [2.24, 2.45) is 5.92 Å². The third-order valence-corrected chi connectivity index (χ3v) is 3.92. The second-order valence-corrected chi connectivity index (χ2v) is 5.58. The van der Waals surface area contributed by atoms with Crippen molar-refractivity contribution in [3.63, 3.8) is 0 Å². The van der Waals surface area contributed by atoms with Crippen molar-refractivity contribution in [2.75, 3.05) is 19.8 Å². The van der Waals surface area contributed by atoms with Gasteiger partial charge < -0.3 is 14.6 Å². The molecule has 0 saturated carbocycles. The van der Waals surface area contributed by atoms with E-state index in [4.69, 9.17) is 14.6 Å². The fourth-order valence-electron chi connectivity index (χ4n) is 2.03. The van der Waals surface area contributed by atoms with Gasteiger partial charge in [-0.1, -0.05) is 15.9 Å². The minimum absolute atomic E-state index is 0.533. The second-order valence-electron chi connectivity index (χ2n) is 4.72. The van der Waals surface area contributed by atoms with Crippen molar-refractivity contribution in [2.45, 2.75) is 12.8 Å². The SMILES string of the molecule is O=C(O)/C=C/c1cc(OCC2CCOCC2)ccc1Br. The van der Waals surface area contributed by atoms with Crippen molar-refractivity contribution in [1.29, 1.82) is 0 Å². The highest BCUT2D eigenvalue weighted by Crippen LogP contribution is 2.25. The molecule has 0 spiro atoms. The molecule has 0 amide bonds. The van der Waals surface area contributed by atoms with Gasteiger partial charge in [0.25, 0.3) is 0 Å². The summed E-state index contributed by atoms with van der Waals surface area (Å²) in [5.74, 6) is 0.320. The summed E-state index contributed by atoms with van der Waals surface area (Å²) in [6.07, 6.45) is 4.72. The second kappa shape index (κ2) is 7.45. The van der Waals surface area contributed by atoms with E-state index in [1.54, 1.807) is 6.08 Å². The molecule has 0 aliphatic carbocycles. The Morgan fingerprint density at radius 1 is 1.45 bits per heavy atom. The number of benzene rings is 1. The highest BCUT2D eigenvalue weighted by atomic mass is 79.9. The van der Waals surface area contributed by atoms with Crippen LogP contribution in [0.25, 0.3) is 6.08 Å². The van der Waals surface area contributed by atoms with Crippen molar-refractivity contribution in [3.05, 3.63) is 34.3 Å². The lowest BCUT2D eigenvalue weighted by molar-refractivity contribution is -0.131. The molecule has 2 rings (SSSR count). The summed E-state index contributed by atoms with van der Waals surface area (Å²) in [5, 5.41) is 8.66. The molecule has 1 aliphatic heterocycles. The summed E-state index contributed by atoms with van der Waals surface area (Å²) in [6.45, 7) is 2.29. The van der Waals surface area contributed by atoms with E-state index in [1.165, 1.54) is 0 Å². The van der Waals surface area contributed by atoms with Gasteiger partial charge in [-0.3, -0.25) is 0 Å². The van der Waals surface area contributed by atoms with Gasteiger partial charge in [0, 0.05) is 23.8 Å². The molecule has 108 valence electrons. The van der Waals surface area contributed by atoms with Crippen molar-refractivity contribution >= 4 is 28.0 Å². The zero-order valence-corrected chi connectivity index (χ0v) is 12.6. The van der Waals surface area contributed by atoms with Crippen LogP contribution in [-0.4, -0.2) is 30.9 Å². The predicted octanol–water partition coefficient (Wildman–Crippen LogP) is 3.35. The summed E-state index contributed by atoms with van der Waals surface area (Å²) in [4.78, 5) is 10.6. The molecule has 0 radical (unpaired) electrons. The number of ether oxygens (including phenoxy) is 2. The third-order valence-electron chi connectivity index (χ3n) is 3.20. The van der Waals surface area contributed by atoms with Crippen LogP contribution in [-0.2, 0) is 9.53 Å². The molecule has 1 N–H and O–H groups in total. The molecule has 1 aromatic carbocycles. The first-order valence-electron chi connectivity index (χ1n) is 6.56. The quantitative estimate of drug-likeness (QED) is 0.835. The summed E-state index contributed by atoms with van der Waals surface area (Å²) >= 11 is 3.39. The van der Waals surface area contributed by atoms with Crippen LogP contribution in [0.3, 0.4) is 0 Å². The Labute approximate surface area is 126 Å². The minimum Gasteiger partial charge on any atom is -0.493 e. The number of rotatable bonds is 5. The van der Waals surface area contributed by atoms with Crippen LogP contribution in [0.5, 0.6) is 5.75 Å². The van der Waals surface area contributed by atoms with E-state index in [0.717, 1.165) is 47.9 Å². The van der Waals surface area contributed by atoms with Gasteiger partial charge in [0.1, 0.15) is 5.75 Å². The number of hydrogen-bond donors (Lipinski definition) is 1. The maximum absolute atomic E-state index is 10.6. The third kappa shape index (κ3) is 4.65. The first-order chi connectivity index (χ1) is 9.65. The van der Waals surface area contributed by atoms with Gasteiger partial charge in [0.05, 0.1) is 6.61 Å². The maximum Gasteiger partial charge on any atom is 0.328 e. The Bertz CT molecular complexity index is 493. The van der Waals surface area contributed by atoms with E-state index in [9.17, 15) is 4.79 Å². The maximum atomic E-state index is 10.6. The van der Waals surface area contributed by atoms with Crippen LogP contribution in [0.15, 0.2) is 28.7 Å². The number of hydrogen-bond acceptors (Lipinski definition) is 3. The smallest absolute Gasteiger partial charge is 0.328 e. The molecule has 1 heterocycles. The fraction of sp³-hybridized carbons (Fsp3) is 0.400. The Morgan fingerprint density at radius 2 is 2.20 bits per heavy atom. The number of carbonyl (C=O) groups is 1. The lowest BCUT2D eigenvalue weighted by Crippen LogP contribution is -2.21. The van der Waals surface area contributed by atoms with Crippen LogP contribution in [0, 0.1) is 5.92 Å². The van der Waals surface area contributed by atoms with Crippen molar-refractivity contribution < 1.29 is 19.4 Å². The molecule has 5 heteroatoms. The molecule has 1 aliphatic rings. The lowest BCUT2D eigenvalue weighted by Gasteiger charge is -2.22. The molecule has 1 saturated heterocycles. The Hall–Kier alpha value is -1.33. The molecule has 0 bridgehead atoms. The first kappa shape index (κ1) is 15.1. The molecule has 20 heavy (non-hydrogen) atoms. The van der Waals surface area contributed by atoms with E-state index in [2.05, 4.69) is 15.9 Å². The lowest BCUT2D eigenvalue weighted by atomic mass is 10.0. The zero-order valence-electron chi connectivity index (χ0n) is 11.0. The zero-order chi connectivity index (χ0) is 14.4. The topological polar surface area (TPSA) is 55.8 Å². The molecule has 0 unspecified atom stereocenters. The van der Waals surface area contributed by atoms with E-state index < -0.39 is 5.97 Å². The van der Waals surface area contributed by atoms with Crippen LogP contribution in [0.4, 0.5) is 0 Å². The van der Waals surface area contributed by atoms with Crippen LogP contribution < -0.4 is 4.74 Å². The Balaban J connectivity index is 1.97. The van der Waals surface area contributed by atoms with Crippen LogP contribution >= 0.6 is 15.9 Å². The van der Waals surface area contributed by atoms with E-state index in [0.29, 0.717) is 12.5 Å². The molecule has 1 fully saturated rings. The average Bonchev–Trinajstić information content (AvgIpc) is 2.46. The summed E-state index contributed by atoms with van der Waals surface area (Å²) in [7, 11) is 0. The first-order valence-corrected chi connectivity index (χ1v) is 7.35. The van der Waals surface area contributed by atoms with Gasteiger partial charge >= 0.3 is 5.97 Å². The normalized spacial score (nSPS) is 16.4. The number of aliphatic carboxylic acids is 1. The van der Waals surface area contributed by atoms with Gasteiger partial charge in [0.2, 0.25) is 0 Å². The standard InChI is InChI=1S/C15H17BrO4/c16-14-3-2-13(9-12(14)1-4-15(17)18)20-10-11-5-7-19-8-6-11/h1-4,9,11H,5-8,10H2,(H,17,18)/b4-1+. The van der Waals surface area contributed by atoms with Crippen LogP contribution in [0.2, 0.25) is 0 Å². The van der Waals surface area contributed by atoms with Gasteiger partial charge in [0.15, 0.2) is 0 Å². The summed E-state index contributed by atoms with van der Waals surface area (Å²) < 4.78 is 11.9. The number of carboxylic acid groups (broad SMARTS) is 1.